The minimum absolute atomic E-state index is 0.194. The molecule has 2 aromatic heterocycles. The molecule has 0 spiro atoms. The van der Waals surface area contributed by atoms with Crippen LogP contribution in [0.1, 0.15) is 0 Å². The van der Waals surface area contributed by atoms with E-state index in [0.717, 1.165) is 25.8 Å². The summed E-state index contributed by atoms with van der Waals surface area (Å²) in [5.74, 6) is -0.116. The number of carbonyl (C=O) groups excluding carboxylic acids is 1. The van der Waals surface area contributed by atoms with Crippen molar-refractivity contribution >= 4 is 43.8 Å². The summed E-state index contributed by atoms with van der Waals surface area (Å²) in [4.78, 5) is 16.9. The second-order valence-electron chi connectivity index (χ2n) is 4.81. The highest BCUT2D eigenvalue weighted by Crippen LogP contribution is 2.37. The van der Waals surface area contributed by atoms with Crippen molar-refractivity contribution in [2.24, 2.45) is 0 Å². The van der Waals surface area contributed by atoms with Gasteiger partial charge in [0, 0.05) is 5.56 Å². The maximum Gasteiger partial charge on any atom is 0.294 e. The van der Waals surface area contributed by atoms with Crippen LogP contribution in [-0.2, 0) is 14.3 Å². The Morgan fingerprint density at radius 2 is 2.13 bits per heavy atom. The molecule has 1 aliphatic heterocycles. The number of nitrogens with one attached hydrogen (secondary N) is 1. The van der Waals surface area contributed by atoms with E-state index in [4.69, 9.17) is 9.47 Å². The molecule has 3 heterocycles. The second kappa shape index (κ2) is 6.02. The van der Waals surface area contributed by atoms with Gasteiger partial charge in [0.1, 0.15) is 29.5 Å². The molecule has 0 bridgehead atoms. The van der Waals surface area contributed by atoms with Crippen LogP contribution < -0.4 is 5.32 Å². The molecule has 116 valence electrons. The number of rotatable bonds is 3. The van der Waals surface area contributed by atoms with E-state index in [1.807, 2.05) is 35.7 Å². The first kappa shape index (κ1) is 14.2. The predicted octanol–water partition coefficient (Wildman–Crippen LogP) is 3.85. The van der Waals surface area contributed by atoms with Crippen molar-refractivity contribution in [2.75, 3.05) is 18.5 Å². The van der Waals surface area contributed by atoms with Crippen LogP contribution in [0.25, 0.3) is 20.8 Å². The number of fused-ring (bicyclic) bond motifs is 1. The van der Waals surface area contributed by atoms with Crippen molar-refractivity contribution in [2.45, 2.75) is 0 Å². The summed E-state index contributed by atoms with van der Waals surface area (Å²) in [5.41, 5.74) is 1.88. The highest BCUT2D eigenvalue weighted by Gasteiger charge is 2.19. The van der Waals surface area contributed by atoms with Gasteiger partial charge in [-0.25, -0.2) is 4.98 Å². The molecule has 5 nitrogen and oxygen atoms in total. The molecule has 0 saturated heterocycles. The quantitative estimate of drug-likeness (QED) is 0.784. The number of thiazole rings is 1. The fraction of sp³-hybridized carbons (Fsp3) is 0.125. The molecule has 0 saturated carbocycles. The molecular formula is C16H12N2O3S2. The Kier molecular flexibility index (Phi) is 3.72. The van der Waals surface area contributed by atoms with Gasteiger partial charge in [-0.1, -0.05) is 12.1 Å². The zero-order chi connectivity index (χ0) is 15.6. The Balaban J connectivity index is 1.63. The molecule has 0 unspecified atom stereocenters. The van der Waals surface area contributed by atoms with Gasteiger partial charge in [-0.15, -0.1) is 22.7 Å². The molecule has 0 atom stereocenters. The van der Waals surface area contributed by atoms with Gasteiger partial charge in [-0.3, -0.25) is 4.79 Å². The smallest absolute Gasteiger partial charge is 0.294 e. The number of aromatic nitrogens is 1. The Hall–Kier alpha value is -2.38. The van der Waals surface area contributed by atoms with Crippen LogP contribution in [0.5, 0.6) is 0 Å². The predicted molar refractivity (Wildman–Crippen MR) is 91.5 cm³/mol. The molecular weight excluding hydrogens is 332 g/mol. The first-order valence-electron chi connectivity index (χ1n) is 7.00. The van der Waals surface area contributed by atoms with E-state index in [1.54, 1.807) is 11.3 Å². The Labute approximate surface area is 140 Å². The highest BCUT2D eigenvalue weighted by atomic mass is 32.1. The number of thiophene rings is 1. The van der Waals surface area contributed by atoms with Crippen LogP contribution in [-0.4, -0.2) is 24.1 Å². The van der Waals surface area contributed by atoms with E-state index in [1.165, 1.54) is 17.6 Å². The van der Waals surface area contributed by atoms with Gasteiger partial charge >= 0.3 is 0 Å². The topological polar surface area (TPSA) is 60.5 Å². The Morgan fingerprint density at radius 1 is 1.22 bits per heavy atom. The minimum atomic E-state index is -0.311. The largest absolute Gasteiger partial charge is 0.494 e. The van der Waals surface area contributed by atoms with E-state index in [2.05, 4.69) is 10.3 Å². The fourth-order valence-corrected chi connectivity index (χ4v) is 4.06. The maximum atomic E-state index is 12.2. The molecule has 3 aromatic rings. The zero-order valence-electron chi connectivity index (χ0n) is 11.9. The van der Waals surface area contributed by atoms with Gasteiger partial charge < -0.3 is 14.8 Å². The van der Waals surface area contributed by atoms with E-state index in [-0.39, 0.29) is 11.7 Å². The number of nitrogens with zero attached hydrogens (tertiary/aromatic N) is 1. The normalized spacial score (nSPS) is 14.0. The lowest BCUT2D eigenvalue weighted by Gasteiger charge is -2.14. The lowest BCUT2D eigenvalue weighted by atomic mass is 10.3. The third-order valence-corrected chi connectivity index (χ3v) is 5.19. The molecule has 1 N–H and O–H groups in total. The van der Waals surface area contributed by atoms with Crippen LogP contribution in [0.3, 0.4) is 0 Å². The van der Waals surface area contributed by atoms with Gasteiger partial charge in [0.25, 0.3) is 5.91 Å². The molecule has 7 heteroatoms. The molecule has 0 aliphatic carbocycles. The third kappa shape index (κ3) is 2.80. The van der Waals surface area contributed by atoms with E-state index in [9.17, 15) is 4.79 Å². The average molecular weight is 344 g/mol. The summed E-state index contributed by atoms with van der Waals surface area (Å²) < 4.78 is 11.5. The van der Waals surface area contributed by atoms with Crippen molar-refractivity contribution in [3.8, 4) is 10.6 Å². The van der Waals surface area contributed by atoms with Crippen molar-refractivity contribution in [3.05, 3.63) is 47.7 Å². The summed E-state index contributed by atoms with van der Waals surface area (Å²) in [6, 6.07) is 9.95. The summed E-state index contributed by atoms with van der Waals surface area (Å²) in [5, 5.41) is 6.45. The number of benzene rings is 1. The molecule has 1 amide bonds. The van der Waals surface area contributed by atoms with Crippen LogP contribution in [0.4, 0.5) is 5.00 Å². The number of ether oxygens (including phenoxy) is 2. The van der Waals surface area contributed by atoms with Gasteiger partial charge in [0.05, 0.1) is 10.2 Å². The average Bonchev–Trinajstić information content (AvgIpc) is 3.21. The lowest BCUT2D eigenvalue weighted by molar-refractivity contribution is -0.117. The number of anilines is 1. The van der Waals surface area contributed by atoms with Crippen LogP contribution in [0.2, 0.25) is 0 Å². The standard InChI is InChI=1S/C16H12N2O3S2/c19-14(12-9-20-6-7-21-12)18-15-10(5-8-22-15)16-17-11-3-1-2-4-13(11)23-16/h1-5,8-9H,6-7H2,(H,18,19). The minimum Gasteiger partial charge on any atom is -0.494 e. The number of amides is 1. The first-order chi connectivity index (χ1) is 11.3. The van der Waals surface area contributed by atoms with Crippen LogP contribution in [0, 0.1) is 0 Å². The number of hydrogen-bond donors (Lipinski definition) is 1. The van der Waals surface area contributed by atoms with E-state index < -0.39 is 0 Å². The van der Waals surface area contributed by atoms with Gasteiger partial charge in [0.2, 0.25) is 5.76 Å². The molecule has 1 aliphatic rings. The van der Waals surface area contributed by atoms with Crippen molar-refractivity contribution in [3.63, 3.8) is 0 Å². The summed E-state index contributed by atoms with van der Waals surface area (Å²) in [7, 11) is 0. The van der Waals surface area contributed by atoms with Gasteiger partial charge in [-0.05, 0) is 23.6 Å². The molecule has 0 fully saturated rings. The van der Waals surface area contributed by atoms with Crippen LogP contribution in [0.15, 0.2) is 47.7 Å². The van der Waals surface area contributed by atoms with Gasteiger partial charge in [0.15, 0.2) is 0 Å². The first-order valence-corrected chi connectivity index (χ1v) is 8.70. The second-order valence-corrected chi connectivity index (χ2v) is 6.75. The van der Waals surface area contributed by atoms with Crippen LogP contribution >= 0.6 is 22.7 Å². The number of hydrogen-bond acceptors (Lipinski definition) is 6. The van der Waals surface area contributed by atoms with E-state index in [0.29, 0.717) is 13.2 Å². The Morgan fingerprint density at radius 3 is 2.96 bits per heavy atom. The van der Waals surface area contributed by atoms with Crippen molar-refractivity contribution < 1.29 is 14.3 Å². The highest BCUT2D eigenvalue weighted by molar-refractivity contribution is 7.22. The van der Waals surface area contributed by atoms with Gasteiger partial charge in [-0.2, -0.15) is 0 Å². The number of carbonyl (C=O) groups is 1. The zero-order valence-corrected chi connectivity index (χ0v) is 13.6. The summed E-state index contributed by atoms with van der Waals surface area (Å²) >= 11 is 3.06. The van der Waals surface area contributed by atoms with Crippen molar-refractivity contribution in [1.82, 2.24) is 4.98 Å². The monoisotopic (exact) mass is 344 g/mol. The van der Waals surface area contributed by atoms with Crippen molar-refractivity contribution in [1.29, 1.82) is 0 Å². The van der Waals surface area contributed by atoms with E-state index >= 15 is 0 Å². The summed E-state index contributed by atoms with van der Waals surface area (Å²) in [6.45, 7) is 0.848. The molecule has 0 radical (unpaired) electrons. The number of para-hydroxylation sites is 1. The molecule has 4 rings (SSSR count). The fourth-order valence-electron chi connectivity index (χ4n) is 2.21. The molecule has 23 heavy (non-hydrogen) atoms. The summed E-state index contributed by atoms with van der Waals surface area (Å²) in [6.07, 6.45) is 1.35. The molecule has 1 aromatic carbocycles. The SMILES string of the molecule is O=C(Nc1sccc1-c1nc2ccccc2s1)C1=COCCO1. The third-order valence-electron chi connectivity index (χ3n) is 3.29. The maximum absolute atomic E-state index is 12.2. The Bertz CT molecular complexity index is 865. The lowest BCUT2D eigenvalue weighted by Crippen LogP contribution is -2.20.